The van der Waals surface area contributed by atoms with E-state index in [0.29, 0.717) is 0 Å². The number of allylic oxidation sites excluding steroid dienone is 1. The molecule has 0 spiro atoms. The standard InChI is InChI=1S/C14H11/c1-3-7-13-11(5-1)9-10-12-6-2-4-8-14(12)13/h1,3-10H,2H2. The maximum Gasteiger partial charge on any atom is -0.00491 e. The molecular weight excluding hydrogens is 168 g/mol. The summed E-state index contributed by atoms with van der Waals surface area (Å²) in [5.74, 6) is 0. The van der Waals surface area contributed by atoms with Gasteiger partial charge in [0.2, 0.25) is 0 Å². The number of hydrogen-bond acceptors (Lipinski definition) is 0. The second-order valence-electron chi connectivity index (χ2n) is 3.63. The molecule has 0 unspecified atom stereocenters. The van der Waals surface area contributed by atoms with E-state index in [1.54, 1.807) is 0 Å². The predicted molar refractivity (Wildman–Crippen MR) is 61.0 cm³/mol. The fourth-order valence-electron chi connectivity index (χ4n) is 2.06. The van der Waals surface area contributed by atoms with Gasteiger partial charge in [0.05, 0.1) is 0 Å². The van der Waals surface area contributed by atoms with Crippen LogP contribution in [0.1, 0.15) is 17.5 Å². The summed E-state index contributed by atoms with van der Waals surface area (Å²) in [6.45, 7) is 0. The van der Waals surface area contributed by atoms with Gasteiger partial charge >= 0.3 is 0 Å². The van der Waals surface area contributed by atoms with E-state index in [0.717, 1.165) is 6.42 Å². The highest BCUT2D eigenvalue weighted by Crippen LogP contribution is 2.28. The molecule has 0 N–H and O–H groups in total. The molecule has 0 fully saturated rings. The van der Waals surface area contributed by atoms with E-state index in [9.17, 15) is 0 Å². The lowest BCUT2D eigenvalue weighted by atomic mass is 9.92. The van der Waals surface area contributed by atoms with Crippen LogP contribution in [0, 0.1) is 6.42 Å². The molecule has 1 aliphatic rings. The van der Waals surface area contributed by atoms with Gasteiger partial charge in [0.25, 0.3) is 0 Å². The third kappa shape index (κ3) is 1.07. The molecule has 0 nitrogen and oxygen atoms in total. The number of fused-ring (bicyclic) bond motifs is 3. The Labute approximate surface area is 83.9 Å². The van der Waals surface area contributed by atoms with E-state index in [2.05, 4.69) is 55.0 Å². The summed E-state index contributed by atoms with van der Waals surface area (Å²) < 4.78 is 0. The number of hydrogen-bond donors (Lipinski definition) is 0. The van der Waals surface area contributed by atoms with E-state index in [1.165, 1.54) is 21.9 Å². The monoisotopic (exact) mass is 179 g/mol. The van der Waals surface area contributed by atoms with Crippen molar-refractivity contribution < 1.29 is 0 Å². The van der Waals surface area contributed by atoms with E-state index in [-0.39, 0.29) is 0 Å². The number of rotatable bonds is 0. The fraction of sp³-hybridized carbons (Fsp3) is 0.0714. The minimum absolute atomic E-state index is 1.06. The summed E-state index contributed by atoms with van der Waals surface area (Å²) >= 11 is 0. The van der Waals surface area contributed by atoms with Crippen molar-refractivity contribution in [3.8, 4) is 0 Å². The molecule has 0 saturated carbocycles. The van der Waals surface area contributed by atoms with Crippen LogP contribution in [-0.4, -0.2) is 0 Å². The summed E-state index contributed by atoms with van der Waals surface area (Å²) in [4.78, 5) is 0. The minimum Gasteiger partial charge on any atom is -0.0833 e. The Balaban J connectivity index is 2.42. The van der Waals surface area contributed by atoms with Crippen LogP contribution in [0.4, 0.5) is 0 Å². The minimum atomic E-state index is 1.06. The van der Waals surface area contributed by atoms with E-state index in [4.69, 9.17) is 0 Å². The second kappa shape index (κ2) is 2.98. The summed E-state index contributed by atoms with van der Waals surface area (Å²) in [5, 5.41) is 2.68. The lowest BCUT2D eigenvalue weighted by Gasteiger charge is -2.12. The molecule has 0 bridgehead atoms. The highest BCUT2D eigenvalue weighted by atomic mass is 14.1. The molecule has 0 aromatic heterocycles. The van der Waals surface area contributed by atoms with Crippen molar-refractivity contribution in [3.63, 3.8) is 0 Å². The Kier molecular flexibility index (Phi) is 1.66. The summed E-state index contributed by atoms with van der Waals surface area (Å²) in [7, 11) is 0. The molecule has 0 heterocycles. The van der Waals surface area contributed by atoms with Gasteiger partial charge in [0.15, 0.2) is 0 Å². The topological polar surface area (TPSA) is 0 Å². The van der Waals surface area contributed by atoms with Gasteiger partial charge < -0.3 is 0 Å². The van der Waals surface area contributed by atoms with Crippen LogP contribution in [0.25, 0.3) is 16.8 Å². The molecule has 0 heteroatoms. The fourth-order valence-corrected chi connectivity index (χ4v) is 2.06. The molecule has 67 valence electrons. The van der Waals surface area contributed by atoms with Crippen molar-refractivity contribution in [2.75, 3.05) is 0 Å². The van der Waals surface area contributed by atoms with Gasteiger partial charge in [-0.2, -0.15) is 0 Å². The molecule has 2 aromatic carbocycles. The van der Waals surface area contributed by atoms with Crippen molar-refractivity contribution in [2.45, 2.75) is 6.42 Å². The van der Waals surface area contributed by atoms with Crippen molar-refractivity contribution in [1.29, 1.82) is 0 Å². The van der Waals surface area contributed by atoms with E-state index < -0.39 is 0 Å². The Bertz CT molecular complexity index is 506. The Morgan fingerprint density at radius 3 is 2.86 bits per heavy atom. The SMILES string of the molecule is [CH]1CC=Cc2c1ccc1ccccc21. The highest BCUT2D eigenvalue weighted by Gasteiger charge is 2.07. The maximum atomic E-state index is 2.28. The van der Waals surface area contributed by atoms with Crippen LogP contribution in [0.5, 0.6) is 0 Å². The average Bonchev–Trinajstić information content (AvgIpc) is 2.29. The van der Waals surface area contributed by atoms with Crippen LogP contribution in [0.15, 0.2) is 42.5 Å². The van der Waals surface area contributed by atoms with Crippen molar-refractivity contribution in [2.24, 2.45) is 0 Å². The lowest BCUT2D eigenvalue weighted by molar-refractivity contribution is 1.23. The Morgan fingerprint density at radius 2 is 1.86 bits per heavy atom. The van der Waals surface area contributed by atoms with Gasteiger partial charge in [0, 0.05) is 0 Å². The molecule has 1 aliphatic carbocycles. The molecule has 0 amide bonds. The van der Waals surface area contributed by atoms with Gasteiger partial charge in [0.1, 0.15) is 0 Å². The average molecular weight is 179 g/mol. The third-order valence-corrected chi connectivity index (χ3v) is 2.76. The molecule has 0 atom stereocenters. The molecule has 0 aliphatic heterocycles. The van der Waals surface area contributed by atoms with Crippen LogP contribution in [-0.2, 0) is 0 Å². The molecule has 3 rings (SSSR count). The first-order valence-electron chi connectivity index (χ1n) is 4.97. The quantitative estimate of drug-likeness (QED) is 0.577. The third-order valence-electron chi connectivity index (χ3n) is 2.76. The van der Waals surface area contributed by atoms with Crippen molar-refractivity contribution >= 4 is 16.8 Å². The van der Waals surface area contributed by atoms with Gasteiger partial charge in [-0.15, -0.1) is 0 Å². The largest absolute Gasteiger partial charge is 0.0833 e. The Morgan fingerprint density at radius 1 is 0.929 bits per heavy atom. The van der Waals surface area contributed by atoms with E-state index in [1.807, 2.05) is 0 Å². The molecule has 1 radical (unpaired) electrons. The van der Waals surface area contributed by atoms with Gasteiger partial charge in [-0.05, 0) is 34.7 Å². The second-order valence-corrected chi connectivity index (χ2v) is 3.63. The van der Waals surface area contributed by atoms with Crippen LogP contribution < -0.4 is 0 Å². The highest BCUT2D eigenvalue weighted by molar-refractivity contribution is 5.92. The first-order chi connectivity index (χ1) is 6.95. The van der Waals surface area contributed by atoms with Gasteiger partial charge in [-0.25, -0.2) is 0 Å². The zero-order chi connectivity index (χ0) is 9.38. The van der Waals surface area contributed by atoms with Crippen molar-refractivity contribution in [1.82, 2.24) is 0 Å². The van der Waals surface area contributed by atoms with Gasteiger partial charge in [-0.1, -0.05) is 48.6 Å². The molecule has 14 heavy (non-hydrogen) atoms. The predicted octanol–water partition coefficient (Wildman–Crippen LogP) is 3.81. The number of benzene rings is 2. The first-order valence-corrected chi connectivity index (χ1v) is 4.97. The maximum absolute atomic E-state index is 2.28. The lowest BCUT2D eigenvalue weighted by Crippen LogP contribution is -1.92. The summed E-state index contributed by atoms with van der Waals surface area (Å²) in [5.41, 5.74) is 2.74. The smallest absolute Gasteiger partial charge is 0.00491 e. The first kappa shape index (κ1) is 7.81. The Hall–Kier alpha value is -1.56. The summed E-state index contributed by atoms with van der Waals surface area (Å²) in [6.07, 6.45) is 7.79. The van der Waals surface area contributed by atoms with Crippen LogP contribution >= 0.6 is 0 Å². The molecular formula is C14H11. The zero-order valence-corrected chi connectivity index (χ0v) is 7.90. The van der Waals surface area contributed by atoms with Crippen LogP contribution in [0.2, 0.25) is 0 Å². The summed E-state index contributed by atoms with van der Waals surface area (Å²) in [6, 6.07) is 13.0. The van der Waals surface area contributed by atoms with Gasteiger partial charge in [-0.3, -0.25) is 0 Å². The van der Waals surface area contributed by atoms with Crippen molar-refractivity contribution in [3.05, 3.63) is 60.0 Å². The van der Waals surface area contributed by atoms with E-state index >= 15 is 0 Å². The molecule has 2 aromatic rings. The normalized spacial score (nSPS) is 14.3. The van der Waals surface area contributed by atoms with Crippen LogP contribution in [0.3, 0.4) is 0 Å². The zero-order valence-electron chi connectivity index (χ0n) is 7.90. The molecule has 0 saturated heterocycles.